The zero-order chi connectivity index (χ0) is 16.5. The topological polar surface area (TPSA) is 42.4 Å². The highest BCUT2D eigenvalue weighted by molar-refractivity contribution is 6.29. The molecule has 4 nitrogen and oxygen atoms in total. The quantitative estimate of drug-likeness (QED) is 0.767. The number of halogens is 1. The van der Waals surface area contributed by atoms with Gasteiger partial charge in [0.25, 0.3) is 0 Å². The largest absolute Gasteiger partial charge is 0.415 e. The van der Waals surface area contributed by atoms with Gasteiger partial charge in [-0.1, -0.05) is 41.9 Å². The van der Waals surface area contributed by atoms with E-state index in [0.29, 0.717) is 29.3 Å². The minimum atomic E-state index is -0.265. The second-order valence-corrected chi connectivity index (χ2v) is 6.66. The van der Waals surface area contributed by atoms with Crippen LogP contribution in [0.1, 0.15) is 12.0 Å². The fourth-order valence-electron chi connectivity index (χ4n) is 3.49. The van der Waals surface area contributed by atoms with Crippen LogP contribution in [0.25, 0.3) is 5.57 Å². The highest BCUT2D eigenvalue weighted by Gasteiger charge is 2.39. The van der Waals surface area contributed by atoms with Crippen LogP contribution in [-0.4, -0.2) is 29.1 Å². The lowest BCUT2D eigenvalue weighted by Crippen LogP contribution is -2.32. The van der Waals surface area contributed by atoms with Gasteiger partial charge >= 0.3 is 6.09 Å². The van der Waals surface area contributed by atoms with Crippen LogP contribution in [-0.2, 0) is 0 Å². The Kier molecular flexibility index (Phi) is 3.98. The van der Waals surface area contributed by atoms with Gasteiger partial charge < -0.3 is 9.64 Å². The predicted octanol–water partition coefficient (Wildman–Crippen LogP) is 4.27. The number of benzene rings is 1. The number of amides is 1. The maximum absolute atomic E-state index is 12.3. The van der Waals surface area contributed by atoms with E-state index in [1.165, 1.54) is 5.57 Å². The Morgan fingerprint density at radius 3 is 2.71 bits per heavy atom. The van der Waals surface area contributed by atoms with Crippen molar-refractivity contribution in [1.29, 1.82) is 0 Å². The average molecular weight is 341 g/mol. The summed E-state index contributed by atoms with van der Waals surface area (Å²) in [5.41, 5.74) is 2.41. The zero-order valence-corrected chi connectivity index (χ0v) is 13.8. The summed E-state index contributed by atoms with van der Waals surface area (Å²) in [7, 11) is 0. The Morgan fingerprint density at radius 2 is 2.00 bits per heavy atom. The first-order valence-electron chi connectivity index (χ1n) is 8.03. The Bertz CT molecular complexity index is 774. The van der Waals surface area contributed by atoms with Gasteiger partial charge in [0.2, 0.25) is 0 Å². The standard InChI is InChI=1S/C19H17ClN2O2/c20-18-7-6-13(10-21-18)14-8-15-11-22(12-16(15)9-14)19(23)24-17-4-2-1-3-5-17/h1-8,10,15-16H,9,11-12H2. The first kappa shape index (κ1) is 15.2. The highest BCUT2D eigenvalue weighted by atomic mass is 35.5. The van der Waals surface area contributed by atoms with Gasteiger partial charge in [0.1, 0.15) is 10.9 Å². The van der Waals surface area contributed by atoms with E-state index in [1.807, 2.05) is 36.5 Å². The molecule has 1 aromatic carbocycles. The molecule has 2 aliphatic rings. The Morgan fingerprint density at radius 1 is 1.17 bits per heavy atom. The summed E-state index contributed by atoms with van der Waals surface area (Å²) in [6.45, 7) is 1.44. The third-order valence-electron chi connectivity index (χ3n) is 4.69. The van der Waals surface area contributed by atoms with Crippen molar-refractivity contribution in [2.45, 2.75) is 6.42 Å². The molecule has 1 saturated heterocycles. The molecule has 0 radical (unpaired) electrons. The molecule has 5 heteroatoms. The van der Waals surface area contributed by atoms with E-state index in [4.69, 9.17) is 16.3 Å². The summed E-state index contributed by atoms with van der Waals surface area (Å²) in [5, 5.41) is 0.507. The van der Waals surface area contributed by atoms with Crippen molar-refractivity contribution >= 4 is 23.3 Å². The van der Waals surface area contributed by atoms with Gasteiger partial charge in [-0.15, -0.1) is 0 Å². The van der Waals surface area contributed by atoms with Crippen molar-refractivity contribution in [2.24, 2.45) is 11.8 Å². The fraction of sp³-hybridized carbons (Fsp3) is 0.263. The predicted molar refractivity (Wildman–Crippen MR) is 92.9 cm³/mol. The van der Waals surface area contributed by atoms with Gasteiger partial charge in [-0.3, -0.25) is 0 Å². The van der Waals surface area contributed by atoms with Gasteiger partial charge in [0, 0.05) is 19.3 Å². The fourth-order valence-corrected chi connectivity index (χ4v) is 3.60. The maximum atomic E-state index is 12.3. The van der Waals surface area contributed by atoms with Gasteiger partial charge in [0.15, 0.2) is 0 Å². The zero-order valence-electron chi connectivity index (χ0n) is 13.1. The normalized spacial score (nSPS) is 22.2. The van der Waals surface area contributed by atoms with Gasteiger partial charge in [-0.2, -0.15) is 0 Å². The molecule has 1 fully saturated rings. The molecule has 2 atom stereocenters. The number of nitrogens with zero attached hydrogens (tertiary/aromatic N) is 2. The van der Waals surface area contributed by atoms with Crippen LogP contribution < -0.4 is 4.74 Å². The van der Waals surface area contributed by atoms with E-state index in [2.05, 4.69) is 11.1 Å². The van der Waals surface area contributed by atoms with E-state index in [-0.39, 0.29) is 6.09 Å². The molecule has 24 heavy (non-hydrogen) atoms. The number of rotatable bonds is 2. The first-order valence-corrected chi connectivity index (χ1v) is 8.41. The number of pyridine rings is 1. The number of allylic oxidation sites excluding steroid dienone is 1. The van der Waals surface area contributed by atoms with Crippen molar-refractivity contribution in [3.05, 3.63) is 65.5 Å². The first-order chi connectivity index (χ1) is 11.7. The van der Waals surface area contributed by atoms with Crippen LogP contribution in [0, 0.1) is 11.8 Å². The molecule has 1 aliphatic heterocycles. The van der Waals surface area contributed by atoms with Crippen LogP contribution in [0.3, 0.4) is 0 Å². The Labute approximate surface area is 145 Å². The van der Waals surface area contributed by atoms with Crippen molar-refractivity contribution in [3.63, 3.8) is 0 Å². The van der Waals surface area contributed by atoms with Gasteiger partial charge in [-0.05, 0) is 47.6 Å². The lowest BCUT2D eigenvalue weighted by molar-refractivity contribution is 0.160. The second-order valence-electron chi connectivity index (χ2n) is 6.28. The van der Waals surface area contributed by atoms with Gasteiger partial charge in [0.05, 0.1) is 0 Å². The maximum Gasteiger partial charge on any atom is 0.415 e. The number of carbonyl (C=O) groups is 1. The van der Waals surface area contributed by atoms with Crippen LogP contribution >= 0.6 is 11.6 Å². The average Bonchev–Trinajstić information content (AvgIpc) is 3.15. The number of aromatic nitrogens is 1. The molecule has 0 bridgehead atoms. The number of para-hydroxylation sites is 1. The molecule has 2 heterocycles. The number of likely N-dealkylation sites (tertiary alicyclic amines) is 1. The SMILES string of the molecule is O=C(Oc1ccccc1)N1CC2C=C(c3ccc(Cl)nc3)CC2C1. The monoisotopic (exact) mass is 340 g/mol. The number of carbonyl (C=O) groups excluding carboxylic acids is 1. The number of ether oxygens (including phenoxy) is 1. The summed E-state index contributed by atoms with van der Waals surface area (Å²) in [5.74, 6) is 1.43. The number of hydrogen-bond donors (Lipinski definition) is 0. The smallest absolute Gasteiger partial charge is 0.410 e. The highest BCUT2D eigenvalue weighted by Crippen LogP contribution is 2.41. The minimum absolute atomic E-state index is 0.265. The Balaban J connectivity index is 1.41. The molecule has 0 spiro atoms. The molecule has 4 rings (SSSR count). The molecule has 0 N–H and O–H groups in total. The van der Waals surface area contributed by atoms with Gasteiger partial charge in [-0.25, -0.2) is 9.78 Å². The molecule has 1 amide bonds. The van der Waals surface area contributed by atoms with E-state index >= 15 is 0 Å². The third-order valence-corrected chi connectivity index (χ3v) is 4.92. The summed E-state index contributed by atoms with van der Waals surface area (Å²) in [4.78, 5) is 18.2. The molecule has 0 saturated carbocycles. The van der Waals surface area contributed by atoms with Crippen molar-refractivity contribution in [3.8, 4) is 5.75 Å². The Hall–Kier alpha value is -2.33. The van der Waals surface area contributed by atoms with Crippen LogP contribution in [0.4, 0.5) is 4.79 Å². The molecule has 1 aliphatic carbocycles. The van der Waals surface area contributed by atoms with Crippen LogP contribution in [0.5, 0.6) is 5.75 Å². The molecule has 122 valence electrons. The van der Waals surface area contributed by atoms with E-state index in [1.54, 1.807) is 17.0 Å². The third kappa shape index (κ3) is 3.02. The molecular formula is C19H17ClN2O2. The van der Waals surface area contributed by atoms with Crippen molar-refractivity contribution in [1.82, 2.24) is 9.88 Å². The van der Waals surface area contributed by atoms with Crippen molar-refractivity contribution in [2.75, 3.05) is 13.1 Å². The molecule has 2 aromatic rings. The summed E-state index contributed by atoms with van der Waals surface area (Å²) in [6, 6.07) is 13.0. The summed E-state index contributed by atoms with van der Waals surface area (Å²) >= 11 is 5.85. The molecule has 1 aromatic heterocycles. The van der Waals surface area contributed by atoms with Crippen LogP contribution in [0.15, 0.2) is 54.7 Å². The van der Waals surface area contributed by atoms with E-state index in [0.717, 1.165) is 18.5 Å². The van der Waals surface area contributed by atoms with E-state index in [9.17, 15) is 4.79 Å². The summed E-state index contributed by atoms with van der Waals surface area (Å²) in [6.07, 6.45) is 4.78. The van der Waals surface area contributed by atoms with Crippen LogP contribution in [0.2, 0.25) is 5.15 Å². The summed E-state index contributed by atoms with van der Waals surface area (Å²) < 4.78 is 5.43. The lowest BCUT2D eigenvalue weighted by Gasteiger charge is -2.17. The second kappa shape index (κ2) is 6.29. The minimum Gasteiger partial charge on any atom is -0.410 e. The lowest BCUT2D eigenvalue weighted by atomic mass is 9.99. The molecular weight excluding hydrogens is 324 g/mol. The van der Waals surface area contributed by atoms with E-state index < -0.39 is 0 Å². The molecule has 2 unspecified atom stereocenters. The van der Waals surface area contributed by atoms with Crippen molar-refractivity contribution < 1.29 is 9.53 Å². The number of fused-ring (bicyclic) bond motifs is 1. The number of hydrogen-bond acceptors (Lipinski definition) is 3.